The van der Waals surface area contributed by atoms with Crippen LogP contribution in [0.25, 0.3) is 0 Å². The largest absolute Gasteiger partial charge is 0.447 e. The Hall–Kier alpha value is -2.97. The third kappa shape index (κ3) is 8.26. The Kier molecular flexibility index (Phi) is 9.78. The molecule has 2 amide bonds. The van der Waals surface area contributed by atoms with Crippen LogP contribution < -0.4 is 0 Å². The fourth-order valence-corrected chi connectivity index (χ4v) is 6.55. The summed E-state index contributed by atoms with van der Waals surface area (Å²) in [6.45, 7) is 9.98. The molecule has 7 nitrogen and oxygen atoms in total. The SMILES string of the molecule is CC(C)(C)CC(C)(C)SC(=O)C(C(=O)c1ccccc1)[C@H](CC(=O)c1ccc(Cl)cc1)C(=O)N1CCOC1=O. The van der Waals surface area contributed by atoms with Crippen molar-refractivity contribution in [3.05, 3.63) is 70.7 Å². The minimum absolute atomic E-state index is 0.00102. The second-order valence-electron chi connectivity index (χ2n) is 11.5. The number of hydrogen-bond acceptors (Lipinski definition) is 7. The van der Waals surface area contributed by atoms with Crippen molar-refractivity contribution >= 4 is 52.0 Å². The number of rotatable bonds is 10. The van der Waals surface area contributed by atoms with E-state index in [0.717, 1.165) is 16.7 Å². The number of Topliss-reactive ketones (excluding diaryl/α,β-unsaturated/α-hetero) is 2. The zero-order valence-electron chi connectivity index (χ0n) is 22.9. The maximum atomic E-state index is 14.0. The van der Waals surface area contributed by atoms with Crippen LogP contribution in [0, 0.1) is 17.3 Å². The van der Waals surface area contributed by atoms with Crippen molar-refractivity contribution in [3.63, 3.8) is 0 Å². The van der Waals surface area contributed by atoms with Crippen LogP contribution in [0.3, 0.4) is 0 Å². The van der Waals surface area contributed by atoms with Gasteiger partial charge in [-0.2, -0.15) is 0 Å². The van der Waals surface area contributed by atoms with E-state index in [0.29, 0.717) is 11.4 Å². The van der Waals surface area contributed by atoms with Crippen molar-refractivity contribution in [2.45, 2.75) is 52.2 Å². The van der Waals surface area contributed by atoms with E-state index in [1.54, 1.807) is 42.5 Å². The maximum absolute atomic E-state index is 14.0. The van der Waals surface area contributed by atoms with E-state index in [9.17, 15) is 24.0 Å². The molecule has 1 unspecified atom stereocenters. The van der Waals surface area contributed by atoms with Gasteiger partial charge >= 0.3 is 6.09 Å². The zero-order chi connectivity index (χ0) is 29.0. The van der Waals surface area contributed by atoms with Gasteiger partial charge in [-0.15, -0.1) is 0 Å². The van der Waals surface area contributed by atoms with Gasteiger partial charge in [0.05, 0.1) is 12.5 Å². The van der Waals surface area contributed by atoms with E-state index in [2.05, 4.69) is 20.8 Å². The molecule has 39 heavy (non-hydrogen) atoms. The summed E-state index contributed by atoms with van der Waals surface area (Å²) in [5, 5.41) is -0.0864. The Balaban J connectivity index is 2.07. The van der Waals surface area contributed by atoms with Gasteiger partial charge in [-0.25, -0.2) is 9.69 Å². The molecule has 0 spiro atoms. The summed E-state index contributed by atoms with van der Waals surface area (Å²) in [7, 11) is 0. The minimum atomic E-state index is -1.49. The van der Waals surface area contributed by atoms with Crippen molar-refractivity contribution < 1.29 is 28.7 Å². The summed E-state index contributed by atoms with van der Waals surface area (Å²) in [6, 6.07) is 14.3. The molecule has 3 rings (SSSR count). The molecule has 9 heteroatoms. The van der Waals surface area contributed by atoms with Crippen LogP contribution in [-0.2, 0) is 14.3 Å². The number of amides is 2. The van der Waals surface area contributed by atoms with E-state index in [-0.39, 0.29) is 29.7 Å². The van der Waals surface area contributed by atoms with Crippen molar-refractivity contribution in [1.82, 2.24) is 4.90 Å². The zero-order valence-corrected chi connectivity index (χ0v) is 24.4. The molecule has 1 aliphatic rings. The predicted octanol–water partition coefficient (Wildman–Crippen LogP) is 6.48. The number of ketones is 2. The highest BCUT2D eigenvalue weighted by atomic mass is 35.5. The Labute approximate surface area is 238 Å². The molecule has 208 valence electrons. The van der Waals surface area contributed by atoms with Gasteiger partial charge in [-0.1, -0.05) is 88.3 Å². The topological polar surface area (TPSA) is 97.8 Å². The number of cyclic esters (lactones) is 1. The van der Waals surface area contributed by atoms with Gasteiger partial charge in [0.15, 0.2) is 11.6 Å². The number of benzene rings is 2. The number of carbonyl (C=O) groups is 5. The average molecular weight is 572 g/mol. The highest BCUT2D eigenvalue weighted by molar-refractivity contribution is 8.14. The van der Waals surface area contributed by atoms with E-state index >= 15 is 0 Å². The summed E-state index contributed by atoms with van der Waals surface area (Å²) >= 11 is 6.97. The lowest BCUT2D eigenvalue weighted by Crippen LogP contribution is -2.45. The first kappa shape index (κ1) is 30.6. The molecule has 0 saturated carbocycles. The molecular formula is C30H34ClNO6S. The first-order valence-electron chi connectivity index (χ1n) is 12.8. The van der Waals surface area contributed by atoms with Crippen LogP contribution >= 0.6 is 23.4 Å². The normalized spacial score (nSPS) is 15.4. The Bertz CT molecular complexity index is 1240. The minimum Gasteiger partial charge on any atom is -0.447 e. The summed E-state index contributed by atoms with van der Waals surface area (Å²) in [5.74, 6) is -4.70. The van der Waals surface area contributed by atoms with Crippen LogP contribution in [0.1, 0.15) is 68.2 Å². The van der Waals surface area contributed by atoms with Crippen LogP contribution in [0.2, 0.25) is 5.02 Å². The van der Waals surface area contributed by atoms with Crippen molar-refractivity contribution in [1.29, 1.82) is 0 Å². The molecule has 1 fully saturated rings. The summed E-state index contributed by atoms with van der Waals surface area (Å²) in [5.41, 5.74) is 0.417. The summed E-state index contributed by atoms with van der Waals surface area (Å²) < 4.78 is 4.39. The second-order valence-corrected chi connectivity index (χ2v) is 13.6. The van der Waals surface area contributed by atoms with Crippen molar-refractivity contribution in [2.24, 2.45) is 17.3 Å². The molecule has 0 aromatic heterocycles. The molecule has 0 N–H and O–H groups in total. The summed E-state index contributed by atoms with van der Waals surface area (Å²) in [6.07, 6.45) is -0.647. The molecule has 1 saturated heterocycles. The van der Waals surface area contributed by atoms with Gasteiger partial charge < -0.3 is 4.74 Å². The van der Waals surface area contributed by atoms with Gasteiger partial charge in [0.25, 0.3) is 0 Å². The Morgan fingerprint density at radius 2 is 1.56 bits per heavy atom. The van der Waals surface area contributed by atoms with Crippen molar-refractivity contribution in [3.8, 4) is 0 Å². The number of ether oxygens (including phenoxy) is 1. The number of carbonyl (C=O) groups excluding carboxylic acids is 5. The number of thioether (sulfide) groups is 1. The summed E-state index contributed by atoms with van der Waals surface area (Å²) in [4.78, 5) is 68.3. The molecular weight excluding hydrogens is 538 g/mol. The Morgan fingerprint density at radius 1 is 0.949 bits per heavy atom. The number of hydrogen-bond donors (Lipinski definition) is 0. The van der Waals surface area contributed by atoms with Crippen LogP contribution in [0.5, 0.6) is 0 Å². The Morgan fingerprint density at radius 3 is 2.10 bits per heavy atom. The molecule has 0 aliphatic carbocycles. The fraction of sp³-hybridized carbons (Fsp3) is 0.433. The van der Waals surface area contributed by atoms with Gasteiger partial charge in [0, 0.05) is 27.3 Å². The monoisotopic (exact) mass is 571 g/mol. The standard InChI is InChI=1S/C30H34ClNO6S/c1-29(2,3)18-30(4,5)39-27(36)24(25(34)20-9-7-6-8-10-20)22(26(35)32-15-16-38-28(32)37)17-23(33)19-11-13-21(31)14-12-19/h6-14,22,24H,15-18H2,1-5H3/t22-,24?/m0/s1. The van der Waals surface area contributed by atoms with Crippen molar-refractivity contribution in [2.75, 3.05) is 13.2 Å². The van der Waals surface area contributed by atoms with Crippen LogP contribution in [0.15, 0.2) is 54.6 Å². The first-order valence-corrected chi connectivity index (χ1v) is 14.0. The highest BCUT2D eigenvalue weighted by Crippen LogP contribution is 2.41. The lowest BCUT2D eigenvalue weighted by molar-refractivity contribution is -0.135. The van der Waals surface area contributed by atoms with Crippen LogP contribution in [0.4, 0.5) is 4.79 Å². The molecule has 2 aromatic rings. The molecule has 0 bridgehead atoms. The molecule has 2 aromatic carbocycles. The van der Waals surface area contributed by atoms with E-state index in [1.165, 1.54) is 12.1 Å². The average Bonchev–Trinajstić information content (AvgIpc) is 3.27. The molecule has 2 atom stereocenters. The van der Waals surface area contributed by atoms with Gasteiger partial charge in [-0.05, 0) is 36.1 Å². The lowest BCUT2D eigenvalue weighted by atomic mass is 9.81. The third-order valence-corrected chi connectivity index (χ3v) is 7.65. The van der Waals surface area contributed by atoms with Gasteiger partial charge in [-0.3, -0.25) is 19.2 Å². The van der Waals surface area contributed by atoms with E-state index in [4.69, 9.17) is 16.3 Å². The fourth-order valence-electron chi connectivity index (χ4n) is 4.98. The first-order chi connectivity index (χ1) is 18.2. The van der Waals surface area contributed by atoms with E-state index in [1.807, 2.05) is 13.8 Å². The van der Waals surface area contributed by atoms with E-state index < -0.39 is 51.7 Å². The smallest absolute Gasteiger partial charge is 0.416 e. The van der Waals surface area contributed by atoms with Gasteiger partial charge in [0.1, 0.15) is 12.5 Å². The predicted molar refractivity (Wildman–Crippen MR) is 152 cm³/mol. The van der Waals surface area contributed by atoms with Crippen LogP contribution in [-0.4, -0.2) is 51.5 Å². The second kappa shape index (κ2) is 12.5. The number of imide groups is 1. The number of halogens is 1. The number of nitrogens with zero attached hydrogens (tertiary/aromatic N) is 1. The quantitative estimate of drug-likeness (QED) is 0.238. The van der Waals surface area contributed by atoms with Gasteiger partial charge in [0.2, 0.25) is 11.0 Å². The highest BCUT2D eigenvalue weighted by Gasteiger charge is 2.46. The lowest BCUT2D eigenvalue weighted by Gasteiger charge is -2.33. The molecule has 1 aliphatic heterocycles. The third-order valence-electron chi connectivity index (χ3n) is 6.25. The molecule has 0 radical (unpaired) electrons. The molecule has 1 heterocycles. The maximum Gasteiger partial charge on any atom is 0.416 e.